The summed E-state index contributed by atoms with van der Waals surface area (Å²) in [7, 11) is 0. The molecule has 0 atom stereocenters. The van der Waals surface area contributed by atoms with Gasteiger partial charge in [0.2, 0.25) is 0 Å². The Hall–Kier alpha value is -2.47. The van der Waals surface area contributed by atoms with Crippen LogP contribution >= 0.6 is 11.6 Å². The van der Waals surface area contributed by atoms with Gasteiger partial charge in [0.1, 0.15) is 28.4 Å². The van der Waals surface area contributed by atoms with E-state index in [2.05, 4.69) is 24.9 Å². The van der Waals surface area contributed by atoms with E-state index in [0.29, 0.717) is 22.3 Å². The van der Waals surface area contributed by atoms with Crippen molar-refractivity contribution >= 4 is 28.4 Å². The Bertz CT molecular complexity index is 938. The largest absolute Gasteiger partial charge is 0.341 e. The Morgan fingerprint density at radius 2 is 2.10 bits per heavy atom. The minimum Gasteiger partial charge on any atom is -0.341 e. The number of imidazole rings is 2. The molecule has 4 heterocycles. The van der Waals surface area contributed by atoms with E-state index >= 15 is 0 Å². The number of aromatic amines is 1. The van der Waals surface area contributed by atoms with Gasteiger partial charge in [-0.25, -0.2) is 19.9 Å². The molecule has 98 valence electrons. The highest BCUT2D eigenvalue weighted by atomic mass is 35.5. The number of hydrogen-bond acceptors (Lipinski definition) is 4. The van der Waals surface area contributed by atoms with Gasteiger partial charge in [-0.2, -0.15) is 0 Å². The molecular weight excluding hydrogens is 276 g/mol. The van der Waals surface area contributed by atoms with Crippen LogP contribution in [0.25, 0.3) is 28.2 Å². The number of hydrogen-bond donors (Lipinski definition) is 1. The summed E-state index contributed by atoms with van der Waals surface area (Å²) in [6.45, 7) is 1.83. The van der Waals surface area contributed by atoms with Gasteiger partial charge in [-0.15, -0.1) is 0 Å². The SMILES string of the molecule is Cc1nc(-c2c(Cl)nc3ccccn23)c2[nH]cnc2n1. The molecular formula is C13H9ClN6. The fourth-order valence-corrected chi connectivity index (χ4v) is 2.56. The summed E-state index contributed by atoms with van der Waals surface area (Å²) >= 11 is 6.30. The van der Waals surface area contributed by atoms with Crippen LogP contribution in [0.5, 0.6) is 0 Å². The zero-order valence-electron chi connectivity index (χ0n) is 10.5. The fraction of sp³-hybridized carbons (Fsp3) is 0.0769. The first-order chi connectivity index (χ1) is 9.74. The number of rotatable bonds is 1. The topological polar surface area (TPSA) is 71.8 Å². The molecule has 0 saturated carbocycles. The minimum absolute atomic E-state index is 0.408. The van der Waals surface area contributed by atoms with Crippen molar-refractivity contribution in [3.05, 3.63) is 41.7 Å². The Morgan fingerprint density at radius 3 is 3.00 bits per heavy atom. The van der Waals surface area contributed by atoms with Gasteiger partial charge < -0.3 is 4.98 Å². The molecule has 0 spiro atoms. The van der Waals surface area contributed by atoms with Gasteiger partial charge in [0.25, 0.3) is 0 Å². The van der Waals surface area contributed by atoms with Gasteiger partial charge in [-0.1, -0.05) is 17.7 Å². The minimum atomic E-state index is 0.408. The van der Waals surface area contributed by atoms with E-state index in [1.165, 1.54) is 0 Å². The van der Waals surface area contributed by atoms with Gasteiger partial charge in [0.15, 0.2) is 10.8 Å². The van der Waals surface area contributed by atoms with Crippen molar-refractivity contribution in [3.63, 3.8) is 0 Å². The highest BCUT2D eigenvalue weighted by Crippen LogP contribution is 2.30. The maximum Gasteiger partial charge on any atom is 0.181 e. The van der Waals surface area contributed by atoms with Crippen LogP contribution in [0.2, 0.25) is 5.15 Å². The first kappa shape index (κ1) is 11.4. The van der Waals surface area contributed by atoms with E-state index in [-0.39, 0.29) is 0 Å². The molecule has 0 fully saturated rings. The van der Waals surface area contributed by atoms with E-state index in [1.54, 1.807) is 6.33 Å². The third kappa shape index (κ3) is 1.51. The van der Waals surface area contributed by atoms with Crippen LogP contribution in [0, 0.1) is 6.92 Å². The lowest BCUT2D eigenvalue weighted by molar-refractivity contribution is 1.07. The summed E-state index contributed by atoms with van der Waals surface area (Å²) < 4.78 is 1.91. The molecule has 0 aliphatic heterocycles. The molecule has 1 N–H and O–H groups in total. The molecule has 6 nitrogen and oxygen atoms in total. The summed E-state index contributed by atoms with van der Waals surface area (Å²) in [5, 5.41) is 0.408. The van der Waals surface area contributed by atoms with Crippen molar-refractivity contribution in [1.82, 2.24) is 29.3 Å². The highest BCUT2D eigenvalue weighted by molar-refractivity contribution is 6.32. The summed E-state index contributed by atoms with van der Waals surface area (Å²) in [5.41, 5.74) is 3.59. The van der Waals surface area contributed by atoms with E-state index in [0.717, 1.165) is 16.9 Å². The first-order valence-electron chi connectivity index (χ1n) is 6.05. The zero-order valence-corrected chi connectivity index (χ0v) is 11.3. The molecule has 0 radical (unpaired) electrons. The molecule has 4 aromatic heterocycles. The van der Waals surface area contributed by atoms with E-state index in [1.807, 2.05) is 35.7 Å². The van der Waals surface area contributed by atoms with Crippen LogP contribution in [-0.2, 0) is 0 Å². The number of fused-ring (bicyclic) bond motifs is 2. The predicted molar refractivity (Wildman–Crippen MR) is 75.6 cm³/mol. The van der Waals surface area contributed by atoms with Gasteiger partial charge in [0.05, 0.1) is 6.33 Å². The lowest BCUT2D eigenvalue weighted by Crippen LogP contribution is -1.96. The van der Waals surface area contributed by atoms with Crippen LogP contribution in [0.4, 0.5) is 0 Å². The molecule has 0 aliphatic rings. The summed E-state index contributed by atoms with van der Waals surface area (Å²) in [6.07, 6.45) is 3.50. The monoisotopic (exact) mass is 284 g/mol. The quantitative estimate of drug-likeness (QED) is 0.583. The number of nitrogens with zero attached hydrogens (tertiary/aromatic N) is 5. The second kappa shape index (κ2) is 4.01. The lowest BCUT2D eigenvalue weighted by atomic mass is 10.2. The normalized spacial score (nSPS) is 11.5. The lowest BCUT2D eigenvalue weighted by Gasteiger charge is -2.04. The standard InChI is InChI=1S/C13H9ClN6/c1-7-17-9(10-13(18-7)16-6-15-10)11-12(14)19-8-4-2-3-5-20(8)11/h2-6H,1H3,(H,15,16,17,18). The van der Waals surface area contributed by atoms with Crippen molar-refractivity contribution in [3.8, 4) is 11.4 Å². The Morgan fingerprint density at radius 1 is 1.20 bits per heavy atom. The van der Waals surface area contributed by atoms with E-state index in [4.69, 9.17) is 11.6 Å². The van der Waals surface area contributed by atoms with Gasteiger partial charge in [-0.05, 0) is 19.1 Å². The molecule has 20 heavy (non-hydrogen) atoms. The first-order valence-corrected chi connectivity index (χ1v) is 6.42. The average Bonchev–Trinajstić information content (AvgIpc) is 3.00. The Kier molecular flexibility index (Phi) is 2.28. The van der Waals surface area contributed by atoms with Crippen LogP contribution < -0.4 is 0 Å². The second-order valence-corrected chi connectivity index (χ2v) is 4.76. The molecule has 4 aromatic rings. The number of H-pyrrole nitrogens is 1. The van der Waals surface area contributed by atoms with Crippen LogP contribution in [-0.4, -0.2) is 29.3 Å². The second-order valence-electron chi connectivity index (χ2n) is 4.40. The zero-order chi connectivity index (χ0) is 13.7. The summed E-state index contributed by atoms with van der Waals surface area (Å²) in [5.74, 6) is 0.640. The maximum absolute atomic E-state index is 6.30. The smallest absolute Gasteiger partial charge is 0.181 e. The van der Waals surface area contributed by atoms with Crippen molar-refractivity contribution in [2.75, 3.05) is 0 Å². The van der Waals surface area contributed by atoms with Crippen molar-refractivity contribution in [1.29, 1.82) is 0 Å². The average molecular weight is 285 g/mol. The van der Waals surface area contributed by atoms with Gasteiger partial charge in [-0.3, -0.25) is 4.40 Å². The summed E-state index contributed by atoms with van der Waals surface area (Å²) in [4.78, 5) is 20.4. The third-order valence-corrected chi connectivity index (χ3v) is 3.37. The summed E-state index contributed by atoms with van der Waals surface area (Å²) in [6, 6.07) is 5.74. The highest BCUT2D eigenvalue weighted by Gasteiger charge is 2.18. The van der Waals surface area contributed by atoms with Crippen LogP contribution in [0.1, 0.15) is 5.82 Å². The van der Waals surface area contributed by atoms with Crippen LogP contribution in [0.15, 0.2) is 30.7 Å². The predicted octanol–water partition coefficient (Wildman–Crippen LogP) is 2.63. The van der Waals surface area contributed by atoms with Crippen LogP contribution in [0.3, 0.4) is 0 Å². The van der Waals surface area contributed by atoms with Gasteiger partial charge >= 0.3 is 0 Å². The number of aryl methyl sites for hydroxylation is 1. The molecule has 0 saturated heterocycles. The molecule has 0 bridgehead atoms. The number of nitrogens with one attached hydrogen (secondary N) is 1. The number of aromatic nitrogens is 6. The fourth-order valence-electron chi connectivity index (χ4n) is 2.29. The van der Waals surface area contributed by atoms with E-state index < -0.39 is 0 Å². The molecule has 0 aliphatic carbocycles. The number of pyridine rings is 1. The molecule has 0 amide bonds. The Balaban J connectivity index is 2.16. The molecule has 0 unspecified atom stereocenters. The van der Waals surface area contributed by atoms with Crippen molar-refractivity contribution in [2.24, 2.45) is 0 Å². The third-order valence-electron chi connectivity index (χ3n) is 3.11. The van der Waals surface area contributed by atoms with E-state index in [9.17, 15) is 0 Å². The Labute approximate surface area is 118 Å². The van der Waals surface area contributed by atoms with Crippen molar-refractivity contribution in [2.45, 2.75) is 6.92 Å². The maximum atomic E-state index is 6.30. The number of halogens is 1. The van der Waals surface area contributed by atoms with Gasteiger partial charge in [0, 0.05) is 6.20 Å². The van der Waals surface area contributed by atoms with Crippen molar-refractivity contribution < 1.29 is 0 Å². The molecule has 7 heteroatoms. The molecule has 0 aromatic carbocycles. The molecule has 4 rings (SSSR count).